The van der Waals surface area contributed by atoms with Crippen molar-refractivity contribution >= 4 is 5.91 Å². The number of benzene rings is 1. The maximum atomic E-state index is 12.6. The van der Waals surface area contributed by atoms with Crippen LogP contribution in [0.3, 0.4) is 0 Å². The number of alkyl halides is 3. The number of nitrogens with zero attached hydrogens (tertiary/aromatic N) is 1. The van der Waals surface area contributed by atoms with E-state index >= 15 is 0 Å². The molecule has 1 aromatic rings. The van der Waals surface area contributed by atoms with Crippen LogP contribution in [0.5, 0.6) is 0 Å². The Bertz CT molecular complexity index is 559. The van der Waals surface area contributed by atoms with Crippen molar-refractivity contribution in [2.24, 2.45) is 5.73 Å². The van der Waals surface area contributed by atoms with Crippen molar-refractivity contribution in [3.05, 3.63) is 35.4 Å². The third-order valence-electron chi connectivity index (χ3n) is 4.75. The van der Waals surface area contributed by atoms with Crippen LogP contribution in [0.15, 0.2) is 24.3 Å². The summed E-state index contributed by atoms with van der Waals surface area (Å²) in [6.45, 7) is 4.96. The molecule has 1 heterocycles. The molecule has 134 valence electrons. The molecule has 0 spiro atoms. The lowest BCUT2D eigenvalue weighted by Crippen LogP contribution is -2.54. The highest BCUT2D eigenvalue weighted by molar-refractivity contribution is 5.85. The van der Waals surface area contributed by atoms with Crippen LogP contribution in [0.4, 0.5) is 13.2 Å². The fourth-order valence-electron chi connectivity index (χ4n) is 3.35. The van der Waals surface area contributed by atoms with Crippen LogP contribution in [0.25, 0.3) is 0 Å². The Morgan fingerprint density at radius 1 is 1.21 bits per heavy atom. The molecular weight excluding hydrogens is 317 g/mol. The number of amides is 1. The van der Waals surface area contributed by atoms with Crippen LogP contribution >= 0.6 is 0 Å². The van der Waals surface area contributed by atoms with E-state index in [0.29, 0.717) is 19.5 Å². The minimum Gasteiger partial charge on any atom is -0.341 e. The first-order valence-corrected chi connectivity index (χ1v) is 8.40. The Morgan fingerprint density at radius 2 is 1.75 bits per heavy atom. The Labute approximate surface area is 141 Å². The number of hydrogen-bond acceptors (Lipinski definition) is 2. The van der Waals surface area contributed by atoms with Crippen molar-refractivity contribution in [1.29, 1.82) is 0 Å². The Hall–Kier alpha value is -1.56. The molecule has 1 amide bonds. The van der Waals surface area contributed by atoms with E-state index in [9.17, 15) is 18.0 Å². The smallest absolute Gasteiger partial charge is 0.341 e. The summed E-state index contributed by atoms with van der Waals surface area (Å²) in [5, 5.41) is 0. The number of piperidine rings is 1. The van der Waals surface area contributed by atoms with E-state index in [1.54, 1.807) is 24.0 Å². The van der Waals surface area contributed by atoms with Crippen molar-refractivity contribution in [2.45, 2.75) is 57.2 Å². The lowest BCUT2D eigenvalue weighted by atomic mass is 9.87. The summed E-state index contributed by atoms with van der Waals surface area (Å²) in [5.41, 5.74) is 5.54. The molecule has 6 heteroatoms. The van der Waals surface area contributed by atoms with E-state index in [1.165, 1.54) is 0 Å². The zero-order valence-corrected chi connectivity index (χ0v) is 14.2. The van der Waals surface area contributed by atoms with Crippen molar-refractivity contribution in [2.75, 3.05) is 13.1 Å². The van der Waals surface area contributed by atoms with Gasteiger partial charge in [-0.1, -0.05) is 25.5 Å². The monoisotopic (exact) mass is 342 g/mol. The van der Waals surface area contributed by atoms with Gasteiger partial charge in [-0.3, -0.25) is 4.79 Å². The maximum absolute atomic E-state index is 12.6. The molecule has 1 saturated heterocycles. The maximum Gasteiger partial charge on any atom is 0.416 e. The largest absolute Gasteiger partial charge is 0.416 e. The first-order chi connectivity index (χ1) is 11.1. The molecule has 2 rings (SSSR count). The minimum atomic E-state index is -4.31. The number of halogens is 3. The molecule has 1 aromatic carbocycles. The summed E-state index contributed by atoms with van der Waals surface area (Å²) in [4.78, 5) is 14.3. The molecule has 3 nitrogen and oxygen atoms in total. The van der Waals surface area contributed by atoms with Crippen LogP contribution in [-0.2, 0) is 11.0 Å². The van der Waals surface area contributed by atoms with E-state index in [0.717, 1.165) is 37.0 Å². The summed E-state index contributed by atoms with van der Waals surface area (Å²) < 4.78 is 37.9. The van der Waals surface area contributed by atoms with E-state index in [2.05, 4.69) is 0 Å². The summed E-state index contributed by atoms with van der Waals surface area (Å²) in [6, 6.07) is 5.36. The van der Waals surface area contributed by atoms with Gasteiger partial charge >= 0.3 is 6.18 Å². The molecular formula is C18H25F3N2O. The SMILES string of the molecule is CCCC(C)(N)C(=O)N1CCC(c2ccc(C(F)(F)F)cc2)CC1. The molecule has 2 N–H and O–H groups in total. The molecule has 1 aliphatic rings. The average Bonchev–Trinajstić information content (AvgIpc) is 2.53. The molecule has 1 aliphatic heterocycles. The van der Waals surface area contributed by atoms with Crippen LogP contribution in [-0.4, -0.2) is 29.4 Å². The molecule has 1 atom stereocenters. The number of carbonyl (C=O) groups excluding carboxylic acids is 1. The third-order valence-corrected chi connectivity index (χ3v) is 4.75. The Kier molecular flexibility index (Phi) is 5.58. The standard InChI is InChI=1S/C18H25F3N2O/c1-3-10-17(2,22)16(24)23-11-8-14(9-12-23)13-4-6-15(7-5-13)18(19,20)21/h4-7,14H,3,8-12,22H2,1-2H3. The molecule has 0 aromatic heterocycles. The Balaban J connectivity index is 1.96. The second kappa shape index (κ2) is 7.13. The molecule has 0 bridgehead atoms. The summed E-state index contributed by atoms with van der Waals surface area (Å²) in [7, 11) is 0. The van der Waals surface area contributed by atoms with Crippen molar-refractivity contribution in [3.63, 3.8) is 0 Å². The van der Waals surface area contributed by atoms with Gasteiger partial charge in [0, 0.05) is 13.1 Å². The summed E-state index contributed by atoms with van der Waals surface area (Å²) >= 11 is 0. The van der Waals surface area contributed by atoms with Gasteiger partial charge in [0.2, 0.25) is 5.91 Å². The second-order valence-electron chi connectivity index (χ2n) is 6.85. The fraction of sp³-hybridized carbons (Fsp3) is 0.611. The van der Waals surface area contributed by atoms with E-state index in [1.807, 2.05) is 6.92 Å². The quantitative estimate of drug-likeness (QED) is 0.901. The van der Waals surface area contributed by atoms with Gasteiger partial charge in [-0.2, -0.15) is 13.2 Å². The van der Waals surface area contributed by atoms with Crippen LogP contribution in [0.2, 0.25) is 0 Å². The molecule has 0 aliphatic carbocycles. The van der Waals surface area contributed by atoms with E-state index < -0.39 is 17.3 Å². The van der Waals surface area contributed by atoms with Crippen molar-refractivity contribution < 1.29 is 18.0 Å². The van der Waals surface area contributed by atoms with Crippen LogP contribution in [0, 0.1) is 0 Å². The van der Waals surface area contributed by atoms with Gasteiger partial charge < -0.3 is 10.6 Å². The lowest BCUT2D eigenvalue weighted by molar-refractivity contribution is -0.138. The van der Waals surface area contributed by atoms with Gasteiger partial charge in [0.1, 0.15) is 0 Å². The summed E-state index contributed by atoms with van der Waals surface area (Å²) in [6.07, 6.45) is -1.32. The zero-order valence-electron chi connectivity index (χ0n) is 14.2. The van der Waals surface area contributed by atoms with Gasteiger partial charge in [0.05, 0.1) is 11.1 Å². The van der Waals surface area contributed by atoms with Gasteiger partial charge in [-0.05, 0) is 49.8 Å². The average molecular weight is 342 g/mol. The number of carbonyl (C=O) groups is 1. The highest BCUT2D eigenvalue weighted by Crippen LogP contribution is 2.33. The minimum absolute atomic E-state index is 0.0322. The number of nitrogens with two attached hydrogens (primary N) is 1. The van der Waals surface area contributed by atoms with Gasteiger partial charge in [-0.15, -0.1) is 0 Å². The second-order valence-corrected chi connectivity index (χ2v) is 6.85. The highest BCUT2D eigenvalue weighted by Gasteiger charge is 2.34. The Morgan fingerprint density at radius 3 is 2.21 bits per heavy atom. The molecule has 0 radical (unpaired) electrons. The van der Waals surface area contributed by atoms with Crippen LogP contribution < -0.4 is 5.73 Å². The van der Waals surface area contributed by atoms with E-state index in [4.69, 9.17) is 5.73 Å². The predicted molar refractivity (Wildman–Crippen MR) is 87.5 cm³/mol. The van der Waals surface area contributed by atoms with Crippen molar-refractivity contribution in [3.8, 4) is 0 Å². The first kappa shape index (κ1) is 18.8. The molecule has 1 fully saturated rings. The zero-order chi connectivity index (χ0) is 18.0. The lowest BCUT2D eigenvalue weighted by Gasteiger charge is -2.37. The number of hydrogen-bond donors (Lipinski definition) is 1. The van der Waals surface area contributed by atoms with Crippen LogP contribution in [0.1, 0.15) is 56.6 Å². The highest BCUT2D eigenvalue weighted by atomic mass is 19.4. The van der Waals surface area contributed by atoms with Gasteiger partial charge in [0.25, 0.3) is 0 Å². The number of rotatable bonds is 4. The first-order valence-electron chi connectivity index (χ1n) is 8.40. The molecule has 1 unspecified atom stereocenters. The van der Waals surface area contributed by atoms with E-state index in [-0.39, 0.29) is 11.8 Å². The predicted octanol–water partition coefficient (Wildman–Crippen LogP) is 3.93. The normalized spacial score (nSPS) is 19.2. The summed E-state index contributed by atoms with van der Waals surface area (Å²) in [5.74, 6) is 0.154. The third kappa shape index (κ3) is 4.29. The fourth-order valence-corrected chi connectivity index (χ4v) is 3.35. The van der Waals surface area contributed by atoms with Gasteiger partial charge in [-0.25, -0.2) is 0 Å². The molecule has 24 heavy (non-hydrogen) atoms. The number of likely N-dealkylation sites (tertiary alicyclic amines) is 1. The van der Waals surface area contributed by atoms with Crippen molar-refractivity contribution in [1.82, 2.24) is 4.90 Å². The van der Waals surface area contributed by atoms with Gasteiger partial charge in [0.15, 0.2) is 0 Å². The topological polar surface area (TPSA) is 46.3 Å². The molecule has 0 saturated carbocycles.